The van der Waals surface area contributed by atoms with Gasteiger partial charge in [-0.15, -0.1) is 0 Å². The molecule has 6 nitrogen and oxygen atoms in total. The van der Waals surface area contributed by atoms with E-state index in [2.05, 4.69) is 0 Å². The summed E-state index contributed by atoms with van der Waals surface area (Å²) >= 11 is 0. The van der Waals surface area contributed by atoms with E-state index >= 15 is 0 Å². The number of nitriles is 2. The molecule has 0 aromatic rings. The molecule has 0 N–H and O–H groups in total. The van der Waals surface area contributed by atoms with Crippen LogP contribution in [0.15, 0.2) is 23.3 Å². The van der Waals surface area contributed by atoms with Crippen molar-refractivity contribution < 1.29 is 61.1 Å². The van der Waals surface area contributed by atoms with E-state index in [1.165, 1.54) is 6.92 Å². The van der Waals surface area contributed by atoms with Gasteiger partial charge in [0.05, 0.1) is 0 Å². The molecule has 0 fully saturated rings. The Morgan fingerprint density at radius 2 is 1.89 bits per heavy atom. The van der Waals surface area contributed by atoms with Gasteiger partial charge in [0.15, 0.2) is 0 Å². The van der Waals surface area contributed by atoms with Crippen LogP contribution in [0.25, 0.3) is 0 Å². The molecule has 0 amide bonds. The molecule has 18 heavy (non-hydrogen) atoms. The van der Waals surface area contributed by atoms with Crippen molar-refractivity contribution in [1.82, 2.24) is 0 Å². The zero-order chi connectivity index (χ0) is 13.0. The molecule has 0 aromatic heterocycles. The van der Waals surface area contributed by atoms with Crippen LogP contribution in [0, 0.1) is 38.7 Å². The standard InChI is InChI=1S/C11H8N3O3.K/c1-7(15)2-11-8(5-12)3-10(14(16)17)4-9(11)6-13;/h3-4,10H,2H2,1H3;/q-1;+1. The first kappa shape index (κ1) is 17.0. The average molecular weight is 269 g/mol. The van der Waals surface area contributed by atoms with Gasteiger partial charge in [0, 0.05) is 11.3 Å². The van der Waals surface area contributed by atoms with Crippen molar-refractivity contribution >= 4 is 5.78 Å². The maximum Gasteiger partial charge on any atom is 1.00 e. The fourth-order valence-corrected chi connectivity index (χ4v) is 1.51. The van der Waals surface area contributed by atoms with Gasteiger partial charge in [-0.3, -0.25) is 10.1 Å². The van der Waals surface area contributed by atoms with Gasteiger partial charge in [-0.1, -0.05) is 18.1 Å². The first-order valence-electron chi connectivity index (χ1n) is 4.73. The van der Waals surface area contributed by atoms with Gasteiger partial charge >= 0.3 is 51.4 Å². The first-order valence-corrected chi connectivity index (χ1v) is 4.73. The number of hydrogen-bond acceptors (Lipinski definition) is 5. The number of carbonyl (C=O) groups is 1. The molecule has 0 radical (unpaired) electrons. The summed E-state index contributed by atoms with van der Waals surface area (Å²) in [7, 11) is 0. The summed E-state index contributed by atoms with van der Waals surface area (Å²) in [4.78, 5) is 21.1. The second-order valence-corrected chi connectivity index (χ2v) is 3.52. The second-order valence-electron chi connectivity index (χ2n) is 3.52. The average Bonchev–Trinajstić information content (AvgIpc) is 2.28. The van der Waals surface area contributed by atoms with E-state index in [1.54, 1.807) is 12.1 Å². The van der Waals surface area contributed by atoms with E-state index in [-0.39, 0.29) is 80.7 Å². The van der Waals surface area contributed by atoms with Crippen LogP contribution in [-0.2, 0) is 4.79 Å². The fourth-order valence-electron chi connectivity index (χ4n) is 1.51. The van der Waals surface area contributed by atoms with Crippen molar-refractivity contribution in [2.75, 3.05) is 0 Å². The molecule has 0 unspecified atom stereocenters. The summed E-state index contributed by atoms with van der Waals surface area (Å²) in [5.74, 6) is 0.0578. The molecule has 1 rings (SSSR count). The van der Waals surface area contributed by atoms with Gasteiger partial charge in [-0.05, 0) is 30.2 Å². The molecule has 0 spiro atoms. The van der Waals surface area contributed by atoms with Crippen LogP contribution < -0.4 is 51.4 Å². The summed E-state index contributed by atoms with van der Waals surface area (Å²) < 4.78 is 0. The van der Waals surface area contributed by atoms with E-state index in [0.717, 1.165) is 12.2 Å². The maximum absolute atomic E-state index is 11.0. The predicted octanol–water partition coefficient (Wildman–Crippen LogP) is -1.90. The second kappa shape index (κ2) is 7.47. The Balaban J connectivity index is 0.00000289. The van der Waals surface area contributed by atoms with E-state index < -0.39 is 11.0 Å². The smallest absolute Gasteiger partial charge is 0.300 e. The minimum absolute atomic E-state index is 0. The molecule has 1 aliphatic carbocycles. The summed E-state index contributed by atoms with van der Waals surface area (Å²) in [6, 6.07) is 2.38. The predicted molar refractivity (Wildman–Crippen MR) is 56.7 cm³/mol. The Hall–Kier alpha value is -0.964. The third kappa shape index (κ3) is 4.05. The van der Waals surface area contributed by atoms with Crippen LogP contribution in [-0.4, -0.2) is 16.7 Å². The molecule has 1 aliphatic rings. The van der Waals surface area contributed by atoms with Crippen LogP contribution in [0.4, 0.5) is 0 Å². The third-order valence-electron chi connectivity index (χ3n) is 2.24. The Labute approximate surface area is 147 Å². The van der Waals surface area contributed by atoms with Crippen LogP contribution in [0.2, 0.25) is 0 Å². The molecule has 86 valence electrons. The number of carbonyl (C=O) groups excluding carboxylic acids is 1. The molecule has 0 heterocycles. The van der Waals surface area contributed by atoms with Gasteiger partial charge in [0.1, 0.15) is 5.78 Å². The molecule has 7 heteroatoms. The van der Waals surface area contributed by atoms with Gasteiger partial charge < -0.3 is 4.79 Å². The van der Waals surface area contributed by atoms with Gasteiger partial charge in [0.2, 0.25) is 6.04 Å². The Morgan fingerprint density at radius 1 is 1.44 bits per heavy atom. The topological polar surface area (TPSA) is 108 Å². The number of ketones is 1. The van der Waals surface area contributed by atoms with Crippen LogP contribution in [0.1, 0.15) is 13.3 Å². The van der Waals surface area contributed by atoms with E-state index in [9.17, 15) is 14.9 Å². The van der Waals surface area contributed by atoms with Gasteiger partial charge in [0.25, 0.3) is 0 Å². The first-order chi connectivity index (χ1) is 7.99. The normalized spacial score (nSPS) is 14.5. The molecule has 0 saturated heterocycles. The number of hydrogen-bond donors (Lipinski definition) is 0. The van der Waals surface area contributed by atoms with Crippen LogP contribution >= 0.6 is 0 Å². The Bertz CT molecular complexity index is 479. The van der Waals surface area contributed by atoms with E-state index in [1.807, 2.05) is 0 Å². The third-order valence-corrected chi connectivity index (χ3v) is 2.24. The molecule has 0 aromatic carbocycles. The van der Waals surface area contributed by atoms with Crippen molar-refractivity contribution in [2.45, 2.75) is 19.4 Å². The maximum atomic E-state index is 11.0. The minimum atomic E-state index is -1.19. The Morgan fingerprint density at radius 3 is 2.17 bits per heavy atom. The molecule has 0 bridgehead atoms. The van der Waals surface area contributed by atoms with Gasteiger partial charge in [-0.25, -0.2) is 10.5 Å². The van der Waals surface area contributed by atoms with Crippen molar-refractivity contribution in [3.63, 3.8) is 0 Å². The summed E-state index contributed by atoms with van der Waals surface area (Å²) in [6.07, 6.45) is 2.24. The van der Waals surface area contributed by atoms with Crippen LogP contribution in [0.5, 0.6) is 0 Å². The minimum Gasteiger partial charge on any atom is -0.300 e. The van der Waals surface area contributed by atoms with E-state index in [0.29, 0.717) is 0 Å². The number of allylic oxidation sites excluding steroid dienone is 2. The van der Waals surface area contributed by atoms with Gasteiger partial charge in [-0.2, -0.15) is 0 Å². The number of rotatable bonds is 3. The SMILES string of the molecule is CC(=O)C[C-]1C(C#N)=CC([N+](=O)[O-])C=C1C#N.[K+]. The largest absolute Gasteiger partial charge is 1.00 e. The zero-order valence-corrected chi connectivity index (χ0v) is 13.1. The molecule has 0 atom stereocenters. The summed E-state index contributed by atoms with van der Waals surface area (Å²) in [5.41, 5.74) is 0.0573. The molecule has 0 aliphatic heterocycles. The number of Topliss-reactive ketones (excluding diaryl/α,β-unsaturated/α-hetero) is 1. The van der Waals surface area contributed by atoms with Crippen LogP contribution in [0.3, 0.4) is 0 Å². The quantitative estimate of drug-likeness (QED) is 0.257. The van der Waals surface area contributed by atoms with Crippen molar-refractivity contribution in [3.8, 4) is 12.1 Å². The number of nitrogens with zero attached hydrogens (tertiary/aromatic N) is 3. The molecule has 0 saturated carbocycles. The monoisotopic (exact) mass is 269 g/mol. The number of nitro groups is 1. The molecular formula is C11H8KN3O3. The fraction of sp³-hybridized carbons (Fsp3) is 0.273. The van der Waals surface area contributed by atoms with E-state index in [4.69, 9.17) is 10.5 Å². The molecular weight excluding hydrogens is 261 g/mol. The Kier molecular flexibility index (Phi) is 7.07. The van der Waals surface area contributed by atoms with Crippen molar-refractivity contribution in [2.24, 2.45) is 0 Å². The van der Waals surface area contributed by atoms with Crippen molar-refractivity contribution in [1.29, 1.82) is 10.5 Å². The zero-order valence-electron chi connectivity index (χ0n) is 10.0. The summed E-state index contributed by atoms with van der Waals surface area (Å²) in [5, 5.41) is 28.4. The van der Waals surface area contributed by atoms with Crippen molar-refractivity contribution in [3.05, 3.63) is 39.3 Å². The summed E-state index contributed by atoms with van der Waals surface area (Å²) in [6.45, 7) is 1.33.